The summed E-state index contributed by atoms with van der Waals surface area (Å²) in [5.74, 6) is -3.72. The monoisotopic (exact) mass is 271 g/mol. The van der Waals surface area contributed by atoms with Crippen molar-refractivity contribution in [2.75, 3.05) is 5.32 Å². The first-order chi connectivity index (χ1) is 8.99. The van der Waals surface area contributed by atoms with Crippen molar-refractivity contribution in [2.45, 2.75) is 25.0 Å². The number of hydrogen-bond acceptors (Lipinski definition) is 3. The Morgan fingerprint density at radius 1 is 1.21 bits per heavy atom. The van der Waals surface area contributed by atoms with Crippen molar-refractivity contribution in [3.8, 4) is 0 Å². The first kappa shape index (κ1) is 13.4. The Hall–Kier alpha value is -2.02. The molecule has 1 aromatic carbocycles. The summed E-state index contributed by atoms with van der Waals surface area (Å²) < 4.78 is 31.6. The fourth-order valence-electron chi connectivity index (χ4n) is 1.83. The Morgan fingerprint density at radius 2 is 1.79 bits per heavy atom. The van der Waals surface area contributed by atoms with Crippen LogP contribution in [0.4, 0.5) is 14.5 Å². The maximum absolute atomic E-state index is 13.3. The van der Waals surface area contributed by atoms with E-state index in [4.69, 9.17) is 9.84 Å². The van der Waals surface area contributed by atoms with E-state index in [2.05, 4.69) is 5.32 Å². The van der Waals surface area contributed by atoms with Crippen molar-refractivity contribution in [3.63, 3.8) is 0 Å². The molecule has 7 heteroatoms. The maximum Gasteiger partial charge on any atom is 0.332 e. The third kappa shape index (κ3) is 2.87. The van der Waals surface area contributed by atoms with E-state index in [1.807, 2.05) is 0 Å². The summed E-state index contributed by atoms with van der Waals surface area (Å²) in [6.07, 6.45) is -1.69. The standard InChI is InChI=1S/C12H11F2NO4/c13-6-2-1-3-7(14)10(6)15-11(16)8-4-5-9(19-8)12(17)18/h1-3,8-9H,4-5H2,(H,15,16)(H,17,18)/t8-,9+/m0/s1. The molecule has 1 saturated heterocycles. The number of carboxylic acid groups (broad SMARTS) is 1. The van der Waals surface area contributed by atoms with Crippen LogP contribution in [-0.2, 0) is 14.3 Å². The molecule has 0 saturated carbocycles. The number of para-hydroxylation sites is 1. The van der Waals surface area contributed by atoms with Gasteiger partial charge in [-0.05, 0) is 25.0 Å². The minimum Gasteiger partial charge on any atom is -0.479 e. The molecule has 0 aliphatic carbocycles. The second-order valence-corrected chi connectivity index (χ2v) is 4.11. The third-order valence-corrected chi connectivity index (χ3v) is 2.80. The van der Waals surface area contributed by atoms with Gasteiger partial charge in [-0.15, -0.1) is 0 Å². The number of anilines is 1. The van der Waals surface area contributed by atoms with Crippen LogP contribution in [0.2, 0.25) is 0 Å². The normalized spacial score (nSPS) is 22.2. The summed E-state index contributed by atoms with van der Waals surface area (Å²) >= 11 is 0. The van der Waals surface area contributed by atoms with Crippen molar-refractivity contribution in [2.24, 2.45) is 0 Å². The van der Waals surface area contributed by atoms with E-state index in [0.29, 0.717) is 0 Å². The van der Waals surface area contributed by atoms with E-state index in [-0.39, 0.29) is 12.8 Å². The van der Waals surface area contributed by atoms with Gasteiger partial charge in [-0.3, -0.25) is 4.79 Å². The number of halogens is 2. The second kappa shape index (κ2) is 5.31. The average molecular weight is 271 g/mol. The Balaban J connectivity index is 2.04. The zero-order valence-corrected chi connectivity index (χ0v) is 9.73. The van der Waals surface area contributed by atoms with E-state index >= 15 is 0 Å². The molecule has 2 rings (SSSR count). The highest BCUT2D eigenvalue weighted by atomic mass is 19.1. The predicted molar refractivity (Wildman–Crippen MR) is 60.5 cm³/mol. The summed E-state index contributed by atoms with van der Waals surface area (Å²) in [4.78, 5) is 22.4. The van der Waals surface area contributed by atoms with Gasteiger partial charge in [0.05, 0.1) is 0 Å². The van der Waals surface area contributed by atoms with Gasteiger partial charge in [-0.2, -0.15) is 0 Å². The number of benzene rings is 1. The lowest BCUT2D eigenvalue weighted by molar-refractivity contribution is -0.150. The molecule has 0 spiro atoms. The number of carbonyl (C=O) groups is 2. The molecule has 0 unspecified atom stereocenters. The van der Waals surface area contributed by atoms with Gasteiger partial charge in [0.25, 0.3) is 5.91 Å². The van der Waals surface area contributed by atoms with Crippen LogP contribution in [-0.4, -0.2) is 29.2 Å². The lowest BCUT2D eigenvalue weighted by Gasteiger charge is -2.12. The zero-order chi connectivity index (χ0) is 14.0. The number of aliphatic carboxylic acids is 1. The van der Waals surface area contributed by atoms with Crippen molar-refractivity contribution >= 4 is 17.6 Å². The quantitative estimate of drug-likeness (QED) is 0.874. The zero-order valence-electron chi connectivity index (χ0n) is 9.73. The molecule has 0 radical (unpaired) electrons. The average Bonchev–Trinajstić information content (AvgIpc) is 2.83. The molecule has 1 heterocycles. The minimum atomic E-state index is -1.16. The summed E-state index contributed by atoms with van der Waals surface area (Å²) in [5, 5.41) is 10.8. The van der Waals surface area contributed by atoms with Crippen LogP contribution in [0.5, 0.6) is 0 Å². The smallest absolute Gasteiger partial charge is 0.332 e. The van der Waals surface area contributed by atoms with Gasteiger partial charge < -0.3 is 15.2 Å². The molecule has 0 aromatic heterocycles. The van der Waals surface area contributed by atoms with Crippen LogP contribution in [0, 0.1) is 11.6 Å². The molecular weight excluding hydrogens is 260 g/mol. The fourth-order valence-corrected chi connectivity index (χ4v) is 1.83. The fraction of sp³-hybridized carbons (Fsp3) is 0.333. The van der Waals surface area contributed by atoms with E-state index in [0.717, 1.165) is 12.1 Å². The van der Waals surface area contributed by atoms with Gasteiger partial charge in [0.1, 0.15) is 23.4 Å². The molecule has 1 aromatic rings. The lowest BCUT2D eigenvalue weighted by atomic mass is 10.2. The summed E-state index contributed by atoms with van der Waals surface area (Å²) in [7, 11) is 0. The summed E-state index contributed by atoms with van der Waals surface area (Å²) in [6.45, 7) is 0. The molecule has 1 aliphatic rings. The van der Waals surface area contributed by atoms with Crippen LogP contribution >= 0.6 is 0 Å². The van der Waals surface area contributed by atoms with Crippen LogP contribution < -0.4 is 5.32 Å². The van der Waals surface area contributed by atoms with Crippen molar-refractivity contribution < 1.29 is 28.2 Å². The Labute approximate surface area is 107 Å². The SMILES string of the molecule is O=C(Nc1c(F)cccc1F)[C@@H]1CC[C@H](C(=O)O)O1. The van der Waals surface area contributed by atoms with Crippen LogP contribution in [0.3, 0.4) is 0 Å². The molecule has 2 N–H and O–H groups in total. The van der Waals surface area contributed by atoms with Crippen molar-refractivity contribution in [3.05, 3.63) is 29.8 Å². The molecule has 2 atom stereocenters. The van der Waals surface area contributed by atoms with E-state index in [1.165, 1.54) is 6.07 Å². The summed E-state index contributed by atoms with van der Waals surface area (Å²) in [5.41, 5.74) is -0.560. The Kier molecular flexibility index (Phi) is 3.75. The van der Waals surface area contributed by atoms with Gasteiger partial charge in [0.15, 0.2) is 6.10 Å². The van der Waals surface area contributed by atoms with E-state index < -0.39 is 41.4 Å². The molecule has 1 fully saturated rings. The largest absolute Gasteiger partial charge is 0.479 e. The highest BCUT2D eigenvalue weighted by molar-refractivity contribution is 5.95. The Bertz CT molecular complexity index is 500. The van der Waals surface area contributed by atoms with Gasteiger partial charge >= 0.3 is 5.97 Å². The molecule has 19 heavy (non-hydrogen) atoms. The van der Waals surface area contributed by atoms with Crippen LogP contribution in [0.15, 0.2) is 18.2 Å². The summed E-state index contributed by atoms with van der Waals surface area (Å²) in [6, 6.07) is 3.19. The van der Waals surface area contributed by atoms with Gasteiger partial charge in [0, 0.05) is 0 Å². The van der Waals surface area contributed by atoms with Gasteiger partial charge in [-0.1, -0.05) is 6.07 Å². The first-order valence-electron chi connectivity index (χ1n) is 5.62. The number of nitrogens with one attached hydrogen (secondary N) is 1. The van der Waals surface area contributed by atoms with Crippen molar-refractivity contribution in [1.82, 2.24) is 0 Å². The molecule has 1 aliphatic heterocycles. The number of ether oxygens (including phenoxy) is 1. The molecule has 1 amide bonds. The predicted octanol–water partition coefficient (Wildman–Crippen LogP) is 1.54. The topological polar surface area (TPSA) is 75.6 Å². The molecule has 0 bridgehead atoms. The van der Waals surface area contributed by atoms with E-state index in [1.54, 1.807) is 0 Å². The second-order valence-electron chi connectivity index (χ2n) is 4.11. The minimum absolute atomic E-state index is 0.188. The van der Waals surface area contributed by atoms with Gasteiger partial charge in [0.2, 0.25) is 0 Å². The number of carboxylic acids is 1. The number of hydrogen-bond donors (Lipinski definition) is 2. The van der Waals surface area contributed by atoms with Crippen molar-refractivity contribution in [1.29, 1.82) is 0 Å². The van der Waals surface area contributed by atoms with Crippen LogP contribution in [0.1, 0.15) is 12.8 Å². The van der Waals surface area contributed by atoms with E-state index in [9.17, 15) is 18.4 Å². The third-order valence-electron chi connectivity index (χ3n) is 2.80. The van der Waals surface area contributed by atoms with Crippen LogP contribution in [0.25, 0.3) is 0 Å². The molecule has 102 valence electrons. The lowest BCUT2D eigenvalue weighted by Crippen LogP contribution is -2.30. The number of carbonyl (C=O) groups excluding carboxylic acids is 1. The highest BCUT2D eigenvalue weighted by Gasteiger charge is 2.35. The number of amides is 1. The maximum atomic E-state index is 13.3. The first-order valence-corrected chi connectivity index (χ1v) is 5.62. The number of rotatable bonds is 3. The van der Waals surface area contributed by atoms with Gasteiger partial charge in [-0.25, -0.2) is 13.6 Å². The highest BCUT2D eigenvalue weighted by Crippen LogP contribution is 2.23. The molecule has 5 nitrogen and oxygen atoms in total. The molecular formula is C12H11F2NO4. The Morgan fingerprint density at radius 3 is 2.32 bits per heavy atom.